The molecule has 0 saturated heterocycles. The molecule has 2 heterocycles. The van der Waals surface area contributed by atoms with Crippen LogP contribution in [0.2, 0.25) is 0 Å². The number of hydrogen-bond acceptors (Lipinski definition) is 4. The first-order valence-electron chi connectivity index (χ1n) is 6.05. The van der Waals surface area contributed by atoms with Gasteiger partial charge in [-0.3, -0.25) is 9.78 Å². The molecule has 0 radical (unpaired) electrons. The van der Waals surface area contributed by atoms with Gasteiger partial charge in [0.05, 0.1) is 6.33 Å². The average molecular weight is 255 g/mol. The summed E-state index contributed by atoms with van der Waals surface area (Å²) in [6, 6.07) is 9.56. The Morgan fingerprint density at radius 2 is 2.11 bits per heavy atom. The van der Waals surface area contributed by atoms with Gasteiger partial charge in [-0.05, 0) is 19.1 Å². The van der Waals surface area contributed by atoms with Crippen LogP contribution in [0, 0.1) is 0 Å². The molecule has 0 aliphatic carbocycles. The lowest BCUT2D eigenvalue weighted by Gasteiger charge is -2.05. The molecule has 3 rings (SSSR count). The lowest BCUT2D eigenvalue weighted by molar-refractivity contribution is 0.777. The summed E-state index contributed by atoms with van der Waals surface area (Å²) in [5, 5.41) is 3.07. The maximum atomic E-state index is 11.9. The van der Waals surface area contributed by atoms with Gasteiger partial charge in [0.25, 0.3) is 5.56 Å². The monoisotopic (exact) mass is 255 g/mol. The summed E-state index contributed by atoms with van der Waals surface area (Å²) < 4.78 is 1.83. The van der Waals surface area contributed by atoms with Crippen molar-refractivity contribution in [2.24, 2.45) is 0 Å². The molecule has 19 heavy (non-hydrogen) atoms. The van der Waals surface area contributed by atoms with Crippen molar-refractivity contribution in [1.29, 1.82) is 0 Å². The van der Waals surface area contributed by atoms with Crippen molar-refractivity contribution >= 4 is 22.8 Å². The predicted octanol–water partition coefficient (Wildman–Crippen LogP) is 1.88. The molecule has 0 saturated carbocycles. The van der Waals surface area contributed by atoms with Gasteiger partial charge in [0.15, 0.2) is 11.2 Å². The van der Waals surface area contributed by atoms with E-state index in [-0.39, 0.29) is 5.56 Å². The third-order valence-electron chi connectivity index (χ3n) is 2.85. The van der Waals surface area contributed by atoms with E-state index in [1.807, 2.05) is 41.8 Å². The number of benzene rings is 1. The Morgan fingerprint density at radius 1 is 1.32 bits per heavy atom. The van der Waals surface area contributed by atoms with Crippen LogP contribution in [0.3, 0.4) is 0 Å². The standard InChI is InChI=1S/C13H13N5O/c1-2-18-8-14-10-11(18)16-13(17-12(10)19)15-9-6-4-3-5-7-9/h3-8H,2H2,1H3,(H2,15,16,17,19). The maximum Gasteiger partial charge on any atom is 0.280 e. The highest BCUT2D eigenvalue weighted by Crippen LogP contribution is 2.13. The molecule has 6 nitrogen and oxygen atoms in total. The van der Waals surface area contributed by atoms with E-state index in [1.54, 1.807) is 6.33 Å². The summed E-state index contributed by atoms with van der Waals surface area (Å²) in [6.45, 7) is 2.70. The normalized spacial score (nSPS) is 10.8. The third-order valence-corrected chi connectivity index (χ3v) is 2.85. The van der Waals surface area contributed by atoms with Crippen LogP contribution in [0.15, 0.2) is 41.5 Å². The lowest BCUT2D eigenvalue weighted by atomic mass is 10.3. The molecule has 2 aromatic heterocycles. The van der Waals surface area contributed by atoms with Crippen molar-refractivity contribution in [3.8, 4) is 0 Å². The Bertz CT molecular complexity index is 760. The zero-order valence-corrected chi connectivity index (χ0v) is 10.4. The third kappa shape index (κ3) is 2.08. The number of anilines is 2. The van der Waals surface area contributed by atoms with E-state index in [1.165, 1.54) is 0 Å². The number of hydrogen-bond donors (Lipinski definition) is 2. The smallest absolute Gasteiger partial charge is 0.280 e. The Morgan fingerprint density at radius 3 is 2.84 bits per heavy atom. The average Bonchev–Trinajstić information content (AvgIpc) is 2.83. The van der Waals surface area contributed by atoms with Crippen molar-refractivity contribution in [2.45, 2.75) is 13.5 Å². The fourth-order valence-corrected chi connectivity index (χ4v) is 1.90. The highest BCUT2D eigenvalue weighted by Gasteiger charge is 2.09. The minimum atomic E-state index is -0.240. The Labute approximate surface area is 109 Å². The summed E-state index contributed by atoms with van der Waals surface area (Å²) in [4.78, 5) is 23.1. The van der Waals surface area contributed by atoms with Gasteiger partial charge in [0.1, 0.15) is 0 Å². The number of aromatic nitrogens is 4. The van der Waals surface area contributed by atoms with Crippen molar-refractivity contribution in [1.82, 2.24) is 19.5 Å². The molecule has 0 aliphatic heterocycles. The van der Waals surface area contributed by atoms with E-state index in [0.29, 0.717) is 17.1 Å². The minimum Gasteiger partial charge on any atom is -0.326 e. The van der Waals surface area contributed by atoms with E-state index in [0.717, 1.165) is 12.2 Å². The Kier molecular flexibility index (Phi) is 2.75. The summed E-state index contributed by atoms with van der Waals surface area (Å²) >= 11 is 0. The molecule has 0 bridgehead atoms. The predicted molar refractivity (Wildman–Crippen MR) is 73.5 cm³/mol. The number of rotatable bonds is 3. The second kappa shape index (κ2) is 4.56. The van der Waals surface area contributed by atoms with Crippen LogP contribution in [0.25, 0.3) is 11.2 Å². The number of nitrogens with one attached hydrogen (secondary N) is 2. The van der Waals surface area contributed by atoms with E-state index < -0.39 is 0 Å². The largest absolute Gasteiger partial charge is 0.326 e. The topological polar surface area (TPSA) is 75.6 Å². The Hall–Kier alpha value is -2.63. The van der Waals surface area contributed by atoms with Gasteiger partial charge in [0, 0.05) is 12.2 Å². The first kappa shape index (κ1) is 11.5. The number of para-hydroxylation sites is 1. The number of H-pyrrole nitrogens is 1. The summed E-state index contributed by atoms with van der Waals surface area (Å²) in [7, 11) is 0. The zero-order valence-electron chi connectivity index (χ0n) is 10.4. The second-order valence-corrected chi connectivity index (χ2v) is 4.11. The summed E-state index contributed by atoms with van der Waals surface area (Å²) in [6.07, 6.45) is 1.62. The van der Waals surface area contributed by atoms with Crippen LogP contribution in [0.1, 0.15) is 6.92 Å². The fraction of sp³-hybridized carbons (Fsp3) is 0.154. The number of aromatic amines is 1. The van der Waals surface area contributed by atoms with Crippen LogP contribution < -0.4 is 10.9 Å². The number of fused-ring (bicyclic) bond motifs is 1. The van der Waals surface area contributed by atoms with Gasteiger partial charge >= 0.3 is 0 Å². The first-order chi connectivity index (χ1) is 9.28. The lowest BCUT2D eigenvalue weighted by Crippen LogP contribution is -2.12. The van der Waals surface area contributed by atoms with Crippen LogP contribution in [-0.2, 0) is 6.54 Å². The minimum absolute atomic E-state index is 0.240. The van der Waals surface area contributed by atoms with Crippen LogP contribution in [0.5, 0.6) is 0 Å². The van der Waals surface area contributed by atoms with E-state index in [9.17, 15) is 4.79 Å². The molecular weight excluding hydrogens is 242 g/mol. The maximum absolute atomic E-state index is 11.9. The molecule has 0 aliphatic rings. The van der Waals surface area contributed by atoms with Gasteiger partial charge in [-0.1, -0.05) is 18.2 Å². The van der Waals surface area contributed by atoms with Gasteiger partial charge < -0.3 is 9.88 Å². The SMILES string of the molecule is CCn1cnc2c(=O)[nH]c(Nc3ccccc3)nc21. The van der Waals surface area contributed by atoms with Crippen molar-refractivity contribution < 1.29 is 0 Å². The van der Waals surface area contributed by atoms with E-state index in [4.69, 9.17) is 0 Å². The molecule has 0 amide bonds. The molecule has 1 aromatic carbocycles. The highest BCUT2D eigenvalue weighted by atomic mass is 16.1. The second-order valence-electron chi connectivity index (χ2n) is 4.11. The highest BCUT2D eigenvalue weighted by molar-refractivity contribution is 5.71. The van der Waals surface area contributed by atoms with Crippen LogP contribution in [0.4, 0.5) is 11.6 Å². The molecule has 3 aromatic rings. The van der Waals surface area contributed by atoms with Gasteiger partial charge in [-0.15, -0.1) is 0 Å². The summed E-state index contributed by atoms with van der Waals surface area (Å²) in [5.74, 6) is 0.416. The van der Waals surface area contributed by atoms with Crippen LogP contribution in [-0.4, -0.2) is 19.5 Å². The fourth-order valence-electron chi connectivity index (χ4n) is 1.90. The molecule has 0 fully saturated rings. The van der Waals surface area contributed by atoms with Gasteiger partial charge in [-0.25, -0.2) is 4.98 Å². The van der Waals surface area contributed by atoms with Crippen molar-refractivity contribution in [3.63, 3.8) is 0 Å². The van der Waals surface area contributed by atoms with Crippen LogP contribution >= 0.6 is 0 Å². The Balaban J connectivity index is 2.07. The summed E-state index contributed by atoms with van der Waals surface area (Å²) in [5.41, 5.74) is 1.58. The number of nitrogens with zero attached hydrogens (tertiary/aromatic N) is 3. The quantitative estimate of drug-likeness (QED) is 0.749. The molecule has 96 valence electrons. The molecule has 0 atom stereocenters. The molecule has 6 heteroatoms. The number of aryl methyl sites for hydroxylation is 1. The molecule has 0 spiro atoms. The first-order valence-corrected chi connectivity index (χ1v) is 6.05. The van der Waals surface area contributed by atoms with E-state index in [2.05, 4.69) is 20.3 Å². The molecular formula is C13H13N5O. The molecule has 0 unspecified atom stereocenters. The molecule has 2 N–H and O–H groups in total. The van der Waals surface area contributed by atoms with E-state index >= 15 is 0 Å². The van der Waals surface area contributed by atoms with Crippen molar-refractivity contribution in [2.75, 3.05) is 5.32 Å². The zero-order chi connectivity index (χ0) is 13.2. The number of imidazole rings is 1. The van der Waals surface area contributed by atoms with Gasteiger partial charge in [0.2, 0.25) is 5.95 Å². The van der Waals surface area contributed by atoms with Gasteiger partial charge in [-0.2, -0.15) is 4.98 Å². The van der Waals surface area contributed by atoms with Crippen molar-refractivity contribution in [3.05, 3.63) is 47.0 Å².